The average Bonchev–Trinajstić information content (AvgIpc) is 2.22. The Morgan fingerprint density at radius 2 is 2.06 bits per heavy atom. The Hall–Kier alpha value is -1.58. The largest absolute Gasteiger partial charge is 0.372 e. The Kier molecular flexibility index (Phi) is 3.88. The summed E-state index contributed by atoms with van der Waals surface area (Å²) in [6.45, 7) is 3.59. The number of hydrogen-bond donors (Lipinski definition) is 1. The van der Waals surface area contributed by atoms with Crippen LogP contribution in [0.3, 0.4) is 0 Å². The number of halogens is 1. The van der Waals surface area contributed by atoms with Crippen LogP contribution < -0.4 is 5.32 Å². The van der Waals surface area contributed by atoms with Gasteiger partial charge in [0.2, 0.25) is 5.91 Å². The summed E-state index contributed by atoms with van der Waals surface area (Å²) in [6.07, 6.45) is 0. The van der Waals surface area contributed by atoms with Gasteiger partial charge in [0.05, 0.1) is 5.69 Å². The molecule has 0 spiro atoms. The minimum atomic E-state index is -0.439. The molecule has 0 aliphatic heterocycles. The van der Waals surface area contributed by atoms with Gasteiger partial charge in [-0.05, 0) is 31.5 Å². The van der Waals surface area contributed by atoms with Crippen LogP contribution in [-0.4, -0.2) is 30.9 Å². The molecule has 0 fully saturated rings. The molecule has 0 heterocycles. The van der Waals surface area contributed by atoms with Crippen LogP contribution in [0.15, 0.2) is 18.2 Å². The fourth-order valence-corrected chi connectivity index (χ4v) is 1.43. The van der Waals surface area contributed by atoms with E-state index in [9.17, 15) is 9.18 Å². The molecule has 0 aliphatic rings. The molecule has 88 valence electrons. The zero-order valence-corrected chi connectivity index (χ0v) is 10.0. The van der Waals surface area contributed by atoms with Gasteiger partial charge in [-0.1, -0.05) is 6.07 Å². The highest BCUT2D eigenvalue weighted by Gasteiger charge is 2.15. The second-order valence-electron chi connectivity index (χ2n) is 4.08. The third-order valence-electron chi connectivity index (χ3n) is 2.31. The number of amides is 1. The molecule has 1 aromatic carbocycles. The van der Waals surface area contributed by atoms with Gasteiger partial charge in [-0.25, -0.2) is 4.39 Å². The number of anilines is 1. The Balaban J connectivity index is 2.80. The zero-order valence-electron chi connectivity index (χ0n) is 10.0. The first-order valence-electron chi connectivity index (χ1n) is 5.15. The monoisotopic (exact) mass is 224 g/mol. The summed E-state index contributed by atoms with van der Waals surface area (Å²) in [5, 5.41) is 2.87. The van der Waals surface area contributed by atoms with Crippen molar-refractivity contribution in [2.75, 3.05) is 19.4 Å². The lowest BCUT2D eigenvalue weighted by molar-refractivity contribution is -0.129. The normalized spacial score (nSPS) is 12.1. The molecule has 0 radical (unpaired) electrons. The number of hydrogen-bond acceptors (Lipinski definition) is 2. The van der Waals surface area contributed by atoms with E-state index in [4.69, 9.17) is 0 Å². The van der Waals surface area contributed by atoms with Gasteiger partial charge in [-0.15, -0.1) is 0 Å². The predicted molar refractivity (Wildman–Crippen MR) is 62.9 cm³/mol. The fraction of sp³-hybridized carbons (Fsp3) is 0.417. The van der Waals surface area contributed by atoms with Crippen molar-refractivity contribution in [2.24, 2.45) is 0 Å². The van der Waals surface area contributed by atoms with Gasteiger partial charge in [0, 0.05) is 14.1 Å². The third-order valence-corrected chi connectivity index (χ3v) is 2.31. The first kappa shape index (κ1) is 12.5. The molecule has 0 bridgehead atoms. The van der Waals surface area contributed by atoms with E-state index < -0.39 is 6.04 Å². The molecule has 1 N–H and O–H groups in total. The van der Waals surface area contributed by atoms with Crippen molar-refractivity contribution in [3.05, 3.63) is 29.6 Å². The molecule has 0 saturated heterocycles. The van der Waals surface area contributed by atoms with Gasteiger partial charge in [0.25, 0.3) is 0 Å². The lowest BCUT2D eigenvalue weighted by atomic mass is 10.2. The van der Waals surface area contributed by atoms with Crippen LogP contribution in [-0.2, 0) is 4.79 Å². The van der Waals surface area contributed by atoms with Crippen LogP contribution in [0.25, 0.3) is 0 Å². The van der Waals surface area contributed by atoms with Crippen LogP contribution >= 0.6 is 0 Å². The minimum absolute atomic E-state index is 0.0825. The van der Waals surface area contributed by atoms with Crippen molar-refractivity contribution in [3.8, 4) is 0 Å². The van der Waals surface area contributed by atoms with Crippen molar-refractivity contribution in [1.82, 2.24) is 4.90 Å². The van der Waals surface area contributed by atoms with E-state index in [1.165, 1.54) is 11.0 Å². The van der Waals surface area contributed by atoms with E-state index in [1.54, 1.807) is 33.2 Å². The molecule has 0 saturated carbocycles. The minimum Gasteiger partial charge on any atom is -0.372 e. The van der Waals surface area contributed by atoms with Crippen molar-refractivity contribution in [2.45, 2.75) is 19.9 Å². The highest BCUT2D eigenvalue weighted by atomic mass is 19.1. The lowest BCUT2D eigenvalue weighted by Crippen LogP contribution is -2.36. The number of aryl methyl sites for hydroxylation is 1. The highest BCUT2D eigenvalue weighted by Crippen LogP contribution is 2.16. The Labute approximate surface area is 95.3 Å². The van der Waals surface area contributed by atoms with Crippen LogP contribution in [0.5, 0.6) is 0 Å². The molecule has 3 nitrogen and oxygen atoms in total. The van der Waals surface area contributed by atoms with Gasteiger partial charge in [-0.3, -0.25) is 4.79 Å². The summed E-state index contributed by atoms with van der Waals surface area (Å²) in [4.78, 5) is 13.1. The fourth-order valence-electron chi connectivity index (χ4n) is 1.43. The van der Waals surface area contributed by atoms with Crippen LogP contribution in [0, 0.1) is 12.7 Å². The van der Waals surface area contributed by atoms with Crippen molar-refractivity contribution in [1.29, 1.82) is 0 Å². The Bertz CT molecular complexity index is 391. The number of rotatable bonds is 3. The maximum Gasteiger partial charge on any atom is 0.244 e. The molecule has 1 unspecified atom stereocenters. The van der Waals surface area contributed by atoms with Gasteiger partial charge in [-0.2, -0.15) is 0 Å². The average molecular weight is 224 g/mol. The lowest BCUT2D eigenvalue weighted by Gasteiger charge is -2.19. The quantitative estimate of drug-likeness (QED) is 0.852. The van der Waals surface area contributed by atoms with Crippen molar-refractivity contribution in [3.63, 3.8) is 0 Å². The first-order chi connectivity index (χ1) is 7.41. The van der Waals surface area contributed by atoms with Gasteiger partial charge < -0.3 is 10.2 Å². The third kappa shape index (κ3) is 2.95. The van der Waals surface area contributed by atoms with Gasteiger partial charge in [0.15, 0.2) is 0 Å². The van der Waals surface area contributed by atoms with Gasteiger partial charge in [0.1, 0.15) is 11.9 Å². The summed E-state index contributed by atoms with van der Waals surface area (Å²) in [7, 11) is 3.35. The van der Waals surface area contributed by atoms with Gasteiger partial charge >= 0.3 is 0 Å². The SMILES string of the molecule is Cc1ccc(F)c(NC(C)C(=O)N(C)C)c1. The number of carbonyl (C=O) groups is 1. The summed E-state index contributed by atoms with van der Waals surface area (Å²) < 4.78 is 13.4. The molecule has 0 aliphatic carbocycles. The maximum atomic E-state index is 13.4. The second kappa shape index (κ2) is 4.96. The van der Waals surface area contributed by atoms with Crippen molar-refractivity contribution >= 4 is 11.6 Å². The van der Waals surface area contributed by atoms with E-state index in [0.29, 0.717) is 5.69 Å². The molecule has 1 amide bonds. The second-order valence-corrected chi connectivity index (χ2v) is 4.08. The molecule has 1 aromatic rings. The molecule has 1 atom stereocenters. The van der Waals surface area contributed by atoms with E-state index in [1.807, 2.05) is 6.92 Å². The topological polar surface area (TPSA) is 32.3 Å². The molecular formula is C12H17FN2O. The number of nitrogens with one attached hydrogen (secondary N) is 1. The van der Waals surface area contributed by atoms with E-state index in [2.05, 4.69) is 5.32 Å². The number of carbonyl (C=O) groups excluding carboxylic acids is 1. The zero-order chi connectivity index (χ0) is 12.3. The van der Waals surface area contributed by atoms with Crippen LogP contribution in [0.2, 0.25) is 0 Å². The maximum absolute atomic E-state index is 13.4. The molecular weight excluding hydrogens is 207 g/mol. The standard InChI is InChI=1S/C12H17FN2O/c1-8-5-6-10(13)11(7-8)14-9(2)12(16)15(3)4/h5-7,9,14H,1-4H3. The highest BCUT2D eigenvalue weighted by molar-refractivity contribution is 5.83. The smallest absolute Gasteiger partial charge is 0.244 e. The van der Waals surface area contributed by atoms with Crippen LogP contribution in [0.4, 0.5) is 10.1 Å². The Morgan fingerprint density at radius 1 is 1.44 bits per heavy atom. The Morgan fingerprint density at radius 3 is 2.62 bits per heavy atom. The predicted octanol–water partition coefficient (Wildman–Crippen LogP) is 2.02. The number of benzene rings is 1. The number of likely N-dealkylation sites (N-methyl/N-ethyl adjacent to an activating group) is 1. The summed E-state index contributed by atoms with van der Waals surface area (Å²) in [5.74, 6) is -0.426. The number of nitrogens with zero attached hydrogens (tertiary/aromatic N) is 1. The molecule has 4 heteroatoms. The van der Waals surface area contributed by atoms with E-state index >= 15 is 0 Å². The van der Waals surface area contributed by atoms with Crippen molar-refractivity contribution < 1.29 is 9.18 Å². The molecule has 1 rings (SSSR count). The first-order valence-corrected chi connectivity index (χ1v) is 5.15. The molecule has 16 heavy (non-hydrogen) atoms. The summed E-state index contributed by atoms with van der Waals surface area (Å²) in [5.41, 5.74) is 1.32. The van der Waals surface area contributed by atoms with E-state index in [-0.39, 0.29) is 11.7 Å². The summed E-state index contributed by atoms with van der Waals surface area (Å²) >= 11 is 0. The summed E-state index contributed by atoms with van der Waals surface area (Å²) in [6, 6.07) is 4.34. The van der Waals surface area contributed by atoms with E-state index in [0.717, 1.165) is 5.56 Å². The van der Waals surface area contributed by atoms with Crippen LogP contribution in [0.1, 0.15) is 12.5 Å². The molecule has 0 aromatic heterocycles.